The summed E-state index contributed by atoms with van der Waals surface area (Å²) in [7, 11) is 0. The van der Waals surface area contributed by atoms with Crippen molar-refractivity contribution in [2.24, 2.45) is 0 Å². The first-order valence-electron chi connectivity index (χ1n) is 4.99. The highest BCUT2D eigenvalue weighted by Gasteiger charge is 2.21. The van der Waals surface area contributed by atoms with Gasteiger partial charge in [-0.05, 0) is 29.7 Å². The molecule has 0 saturated carbocycles. The third kappa shape index (κ3) is 2.17. The van der Waals surface area contributed by atoms with E-state index < -0.39 is 5.79 Å². The highest BCUT2D eigenvalue weighted by molar-refractivity contribution is 5.77. The van der Waals surface area contributed by atoms with Gasteiger partial charge in [-0.2, -0.15) is 0 Å². The molecule has 2 heteroatoms. The minimum atomic E-state index is -1.67. The van der Waals surface area contributed by atoms with Crippen molar-refractivity contribution in [3.05, 3.63) is 53.6 Å². The second-order valence-corrected chi connectivity index (χ2v) is 3.89. The van der Waals surface area contributed by atoms with Crippen molar-refractivity contribution < 1.29 is 10.2 Å². The van der Waals surface area contributed by atoms with Crippen LogP contribution in [0.3, 0.4) is 0 Å². The Bertz CT molecular complexity index is 428. The zero-order valence-electron chi connectivity index (χ0n) is 8.64. The summed E-state index contributed by atoms with van der Waals surface area (Å²) in [5.41, 5.74) is 3.38. The van der Waals surface area contributed by atoms with Crippen molar-refractivity contribution >= 4 is 5.57 Å². The second kappa shape index (κ2) is 3.65. The van der Waals surface area contributed by atoms with Crippen molar-refractivity contribution in [1.29, 1.82) is 0 Å². The number of hydrogen-bond donors (Lipinski definition) is 2. The Labute approximate surface area is 89.2 Å². The maximum atomic E-state index is 9.33. The van der Waals surface area contributed by atoms with Crippen LogP contribution in [0.1, 0.15) is 17.5 Å². The fourth-order valence-electron chi connectivity index (χ4n) is 1.72. The standard InChI is InChI=1S/C13H14O2/c1-10-4-2-3-5-12(10)11-6-8-13(14,15)9-7-11/h2-8,14-15H,9H2,1H3. The average Bonchev–Trinajstić information content (AvgIpc) is 2.19. The van der Waals surface area contributed by atoms with Crippen molar-refractivity contribution in [2.45, 2.75) is 19.1 Å². The van der Waals surface area contributed by atoms with E-state index in [9.17, 15) is 10.2 Å². The molecule has 0 amide bonds. The lowest BCUT2D eigenvalue weighted by Gasteiger charge is -2.20. The van der Waals surface area contributed by atoms with Crippen LogP contribution in [0, 0.1) is 6.92 Å². The fourth-order valence-corrected chi connectivity index (χ4v) is 1.72. The van der Waals surface area contributed by atoms with E-state index in [4.69, 9.17) is 0 Å². The molecule has 1 aliphatic rings. The Balaban J connectivity index is 2.32. The lowest BCUT2D eigenvalue weighted by atomic mass is 9.94. The smallest absolute Gasteiger partial charge is 0.186 e. The maximum absolute atomic E-state index is 9.33. The van der Waals surface area contributed by atoms with Crippen LogP contribution in [0.2, 0.25) is 0 Å². The van der Waals surface area contributed by atoms with E-state index in [-0.39, 0.29) is 6.42 Å². The molecule has 2 nitrogen and oxygen atoms in total. The van der Waals surface area contributed by atoms with Gasteiger partial charge in [0.15, 0.2) is 5.79 Å². The van der Waals surface area contributed by atoms with E-state index in [2.05, 4.69) is 0 Å². The monoisotopic (exact) mass is 202 g/mol. The topological polar surface area (TPSA) is 40.5 Å². The van der Waals surface area contributed by atoms with E-state index in [1.54, 1.807) is 6.08 Å². The number of aryl methyl sites for hydroxylation is 1. The number of rotatable bonds is 1. The van der Waals surface area contributed by atoms with Crippen LogP contribution in [0.5, 0.6) is 0 Å². The first-order valence-corrected chi connectivity index (χ1v) is 4.99. The molecule has 1 aromatic rings. The lowest BCUT2D eigenvalue weighted by Crippen LogP contribution is -2.25. The molecule has 0 atom stereocenters. The predicted octanol–water partition coefficient (Wildman–Crippen LogP) is 2.02. The summed E-state index contributed by atoms with van der Waals surface area (Å²) in [6.45, 7) is 2.05. The Hall–Kier alpha value is -1.38. The summed E-state index contributed by atoms with van der Waals surface area (Å²) in [6, 6.07) is 8.06. The summed E-state index contributed by atoms with van der Waals surface area (Å²) in [5.74, 6) is -1.67. The Morgan fingerprint density at radius 3 is 2.53 bits per heavy atom. The zero-order valence-corrected chi connectivity index (χ0v) is 8.64. The van der Waals surface area contributed by atoms with Gasteiger partial charge in [0.1, 0.15) is 0 Å². The van der Waals surface area contributed by atoms with Gasteiger partial charge in [-0.3, -0.25) is 0 Å². The number of allylic oxidation sites excluding steroid dienone is 2. The molecule has 0 aromatic heterocycles. The second-order valence-electron chi connectivity index (χ2n) is 3.89. The van der Waals surface area contributed by atoms with Crippen molar-refractivity contribution in [3.8, 4) is 0 Å². The van der Waals surface area contributed by atoms with Crippen molar-refractivity contribution in [3.63, 3.8) is 0 Å². The van der Waals surface area contributed by atoms with E-state index in [0.717, 1.165) is 11.1 Å². The number of aliphatic hydroxyl groups is 2. The molecular formula is C13H14O2. The molecule has 0 bridgehead atoms. The van der Waals surface area contributed by atoms with Crippen LogP contribution in [0.4, 0.5) is 0 Å². The molecule has 1 aromatic carbocycles. The van der Waals surface area contributed by atoms with Gasteiger partial charge in [-0.1, -0.05) is 36.4 Å². The molecule has 0 heterocycles. The molecule has 0 fully saturated rings. The summed E-state index contributed by atoms with van der Waals surface area (Å²) in [6.07, 6.45) is 5.27. The summed E-state index contributed by atoms with van der Waals surface area (Å²) in [5, 5.41) is 18.7. The minimum Gasteiger partial charge on any atom is -0.362 e. The van der Waals surface area contributed by atoms with E-state index >= 15 is 0 Å². The lowest BCUT2D eigenvalue weighted by molar-refractivity contribution is -0.114. The van der Waals surface area contributed by atoms with Crippen LogP contribution in [0.15, 0.2) is 42.5 Å². The quantitative estimate of drug-likeness (QED) is 0.684. The van der Waals surface area contributed by atoms with Gasteiger partial charge in [-0.15, -0.1) is 0 Å². The highest BCUT2D eigenvalue weighted by Crippen LogP contribution is 2.26. The molecule has 0 unspecified atom stereocenters. The first-order chi connectivity index (χ1) is 7.08. The van der Waals surface area contributed by atoms with Crippen LogP contribution in [0.25, 0.3) is 5.57 Å². The number of hydrogen-bond acceptors (Lipinski definition) is 2. The van der Waals surface area contributed by atoms with Gasteiger partial charge in [0.2, 0.25) is 0 Å². The van der Waals surface area contributed by atoms with Crippen LogP contribution < -0.4 is 0 Å². The fraction of sp³-hybridized carbons (Fsp3) is 0.231. The largest absolute Gasteiger partial charge is 0.362 e. The molecule has 78 valence electrons. The van der Waals surface area contributed by atoms with Gasteiger partial charge in [-0.25, -0.2) is 0 Å². The maximum Gasteiger partial charge on any atom is 0.186 e. The van der Waals surface area contributed by atoms with Gasteiger partial charge in [0.25, 0.3) is 0 Å². The molecule has 1 aliphatic carbocycles. The van der Waals surface area contributed by atoms with Gasteiger partial charge in [0.05, 0.1) is 0 Å². The van der Waals surface area contributed by atoms with Crippen LogP contribution >= 0.6 is 0 Å². The average molecular weight is 202 g/mol. The van der Waals surface area contributed by atoms with Crippen molar-refractivity contribution in [1.82, 2.24) is 0 Å². The van der Waals surface area contributed by atoms with E-state index in [1.165, 1.54) is 11.6 Å². The number of benzene rings is 1. The third-order valence-electron chi connectivity index (χ3n) is 2.61. The molecule has 0 spiro atoms. The molecular weight excluding hydrogens is 188 g/mol. The molecule has 0 radical (unpaired) electrons. The van der Waals surface area contributed by atoms with Gasteiger partial charge < -0.3 is 10.2 Å². The molecule has 2 N–H and O–H groups in total. The van der Waals surface area contributed by atoms with Gasteiger partial charge >= 0.3 is 0 Å². The van der Waals surface area contributed by atoms with Crippen LogP contribution in [-0.4, -0.2) is 16.0 Å². The zero-order chi connectivity index (χ0) is 10.9. The molecule has 15 heavy (non-hydrogen) atoms. The van der Waals surface area contributed by atoms with E-state index in [1.807, 2.05) is 37.3 Å². The minimum absolute atomic E-state index is 0.243. The molecule has 0 saturated heterocycles. The van der Waals surface area contributed by atoms with Crippen molar-refractivity contribution in [2.75, 3.05) is 0 Å². The Kier molecular flexibility index (Phi) is 2.47. The molecule has 2 rings (SSSR count). The van der Waals surface area contributed by atoms with E-state index in [0.29, 0.717) is 0 Å². The highest BCUT2D eigenvalue weighted by atomic mass is 16.5. The summed E-state index contributed by atoms with van der Waals surface area (Å²) < 4.78 is 0. The first kappa shape index (κ1) is 10.1. The SMILES string of the molecule is Cc1ccccc1C1=CCC(O)(O)C=C1. The Morgan fingerprint density at radius 2 is 1.93 bits per heavy atom. The predicted molar refractivity (Wildman–Crippen MR) is 60.1 cm³/mol. The summed E-state index contributed by atoms with van der Waals surface area (Å²) in [4.78, 5) is 0. The van der Waals surface area contributed by atoms with Crippen LogP contribution in [-0.2, 0) is 0 Å². The summed E-state index contributed by atoms with van der Waals surface area (Å²) >= 11 is 0. The third-order valence-corrected chi connectivity index (χ3v) is 2.61. The van der Waals surface area contributed by atoms with Gasteiger partial charge in [0, 0.05) is 6.42 Å². The normalized spacial score (nSPS) is 18.7. The molecule has 0 aliphatic heterocycles. The Morgan fingerprint density at radius 1 is 1.20 bits per heavy atom.